The lowest BCUT2D eigenvalue weighted by Gasteiger charge is -2.13. The Morgan fingerprint density at radius 3 is 2.38 bits per heavy atom. The van der Waals surface area contributed by atoms with Gasteiger partial charge in [-0.3, -0.25) is 4.79 Å². The van der Waals surface area contributed by atoms with E-state index in [-0.39, 0.29) is 47.7 Å². The van der Waals surface area contributed by atoms with E-state index in [1.807, 2.05) is 6.92 Å². The van der Waals surface area contributed by atoms with Crippen LogP contribution in [-0.2, 0) is 0 Å². The third-order valence-corrected chi connectivity index (χ3v) is 3.31. The van der Waals surface area contributed by atoms with Gasteiger partial charge in [-0.05, 0) is 25.0 Å². The molecular weight excluding hydrogens is 272 g/mol. The summed E-state index contributed by atoms with van der Waals surface area (Å²) in [5.74, 6) is -0.900. The fourth-order valence-electron chi connectivity index (χ4n) is 1.70. The maximum atomic E-state index is 12.1. The Morgan fingerprint density at radius 1 is 1.33 bits per heavy atom. The number of aliphatic hydroxyl groups excluding tert-OH is 1. The number of carbonyl (C=O) groups is 1. The van der Waals surface area contributed by atoms with E-state index in [4.69, 9.17) is 9.84 Å². The summed E-state index contributed by atoms with van der Waals surface area (Å²) in [5.41, 5.74) is 0.686. The minimum Gasteiger partial charge on any atom is -0.507 e. The molecule has 0 saturated carbocycles. The maximum Gasteiger partial charge on any atom is 0.173 e. The molecule has 0 bridgehead atoms. The lowest BCUT2D eigenvalue weighted by molar-refractivity contribution is 0.0921. The van der Waals surface area contributed by atoms with E-state index in [9.17, 15) is 15.0 Å². The van der Waals surface area contributed by atoms with Crippen molar-refractivity contribution in [2.24, 2.45) is 5.92 Å². The first-order valence-corrected chi connectivity index (χ1v) is 6.90. The van der Waals surface area contributed by atoms with Gasteiger partial charge in [0.1, 0.15) is 29.4 Å². The molecule has 1 atom stereocenters. The molecule has 0 aromatic heterocycles. The SMILES string of the molecule is CCC(C)C(=O)c1c(O)cc(OCC=C(C)CO)cc1O. The van der Waals surface area contributed by atoms with E-state index < -0.39 is 0 Å². The molecule has 0 fully saturated rings. The minimum absolute atomic E-state index is 0.0534. The summed E-state index contributed by atoms with van der Waals surface area (Å²) in [7, 11) is 0. The van der Waals surface area contributed by atoms with Crippen LogP contribution in [0.1, 0.15) is 37.6 Å². The molecule has 1 aromatic carbocycles. The average molecular weight is 294 g/mol. The summed E-state index contributed by atoms with van der Waals surface area (Å²) in [5, 5.41) is 28.7. The summed E-state index contributed by atoms with van der Waals surface area (Å²) >= 11 is 0. The molecule has 0 aliphatic heterocycles. The van der Waals surface area contributed by atoms with Gasteiger partial charge in [0.15, 0.2) is 5.78 Å². The second-order valence-electron chi connectivity index (χ2n) is 5.03. The molecule has 0 aliphatic carbocycles. The highest BCUT2D eigenvalue weighted by Gasteiger charge is 2.22. The third kappa shape index (κ3) is 4.49. The summed E-state index contributed by atoms with van der Waals surface area (Å²) < 4.78 is 5.34. The van der Waals surface area contributed by atoms with Gasteiger partial charge in [-0.2, -0.15) is 0 Å². The number of rotatable bonds is 7. The molecule has 21 heavy (non-hydrogen) atoms. The van der Waals surface area contributed by atoms with Crippen LogP contribution in [0.2, 0.25) is 0 Å². The van der Waals surface area contributed by atoms with E-state index in [0.29, 0.717) is 6.42 Å². The van der Waals surface area contributed by atoms with Crippen LogP contribution in [0.25, 0.3) is 0 Å². The highest BCUT2D eigenvalue weighted by Crippen LogP contribution is 2.34. The van der Waals surface area contributed by atoms with Gasteiger partial charge in [0.2, 0.25) is 0 Å². The second kappa shape index (κ2) is 7.69. The molecule has 3 N–H and O–H groups in total. The van der Waals surface area contributed by atoms with Crippen LogP contribution in [-0.4, -0.2) is 34.3 Å². The molecule has 1 unspecified atom stereocenters. The first kappa shape index (κ1) is 17.0. The van der Waals surface area contributed by atoms with Gasteiger partial charge < -0.3 is 20.1 Å². The molecule has 1 aromatic rings. The van der Waals surface area contributed by atoms with E-state index in [2.05, 4.69) is 0 Å². The molecule has 5 heteroatoms. The lowest BCUT2D eigenvalue weighted by atomic mass is 9.95. The van der Waals surface area contributed by atoms with Crippen molar-refractivity contribution in [2.75, 3.05) is 13.2 Å². The van der Waals surface area contributed by atoms with Gasteiger partial charge in [0.05, 0.1) is 6.61 Å². The Hall–Kier alpha value is -2.01. The van der Waals surface area contributed by atoms with E-state index in [0.717, 1.165) is 5.57 Å². The fourth-order valence-corrected chi connectivity index (χ4v) is 1.70. The number of phenolic OH excluding ortho intramolecular Hbond substituents is 2. The van der Waals surface area contributed by atoms with Crippen molar-refractivity contribution >= 4 is 5.78 Å². The quantitative estimate of drug-likeness (QED) is 0.531. The van der Waals surface area contributed by atoms with Crippen molar-refractivity contribution in [3.63, 3.8) is 0 Å². The van der Waals surface area contributed by atoms with Crippen molar-refractivity contribution < 1.29 is 24.9 Å². The number of Topliss-reactive ketones (excluding diaryl/α,β-unsaturated/α-hetero) is 1. The zero-order chi connectivity index (χ0) is 16.0. The van der Waals surface area contributed by atoms with Crippen molar-refractivity contribution in [1.82, 2.24) is 0 Å². The summed E-state index contributed by atoms with van der Waals surface area (Å²) in [4.78, 5) is 12.1. The molecule has 0 radical (unpaired) electrons. The Kier molecular flexibility index (Phi) is 6.24. The number of hydrogen-bond acceptors (Lipinski definition) is 5. The van der Waals surface area contributed by atoms with Crippen LogP contribution in [0.5, 0.6) is 17.2 Å². The minimum atomic E-state index is -0.296. The Labute approximate surface area is 124 Å². The van der Waals surface area contributed by atoms with Gasteiger partial charge in [-0.1, -0.05) is 13.8 Å². The van der Waals surface area contributed by atoms with Crippen LogP contribution in [0.3, 0.4) is 0 Å². The highest BCUT2D eigenvalue weighted by molar-refractivity contribution is 6.02. The first-order chi connectivity index (χ1) is 9.90. The monoisotopic (exact) mass is 294 g/mol. The van der Waals surface area contributed by atoms with Crippen LogP contribution < -0.4 is 4.74 Å². The predicted octanol–water partition coefficient (Wildman–Crippen LogP) is 2.64. The average Bonchev–Trinajstić information content (AvgIpc) is 2.45. The topological polar surface area (TPSA) is 87.0 Å². The zero-order valence-electron chi connectivity index (χ0n) is 12.6. The number of aromatic hydroxyl groups is 2. The van der Waals surface area contributed by atoms with Crippen LogP contribution in [0.15, 0.2) is 23.8 Å². The molecule has 0 saturated heterocycles. The van der Waals surface area contributed by atoms with Crippen LogP contribution in [0.4, 0.5) is 0 Å². The molecule has 0 amide bonds. The first-order valence-electron chi connectivity index (χ1n) is 6.90. The summed E-state index contributed by atoms with van der Waals surface area (Å²) in [6.07, 6.45) is 2.31. The predicted molar refractivity (Wildman–Crippen MR) is 79.9 cm³/mol. The number of benzene rings is 1. The molecule has 116 valence electrons. The van der Waals surface area contributed by atoms with E-state index in [1.54, 1.807) is 19.9 Å². The number of ether oxygens (including phenoxy) is 1. The number of hydrogen-bond donors (Lipinski definition) is 3. The maximum absolute atomic E-state index is 12.1. The van der Waals surface area contributed by atoms with Crippen molar-refractivity contribution in [3.8, 4) is 17.2 Å². The second-order valence-corrected chi connectivity index (χ2v) is 5.03. The van der Waals surface area contributed by atoms with E-state index >= 15 is 0 Å². The van der Waals surface area contributed by atoms with Gasteiger partial charge in [0.25, 0.3) is 0 Å². The zero-order valence-corrected chi connectivity index (χ0v) is 12.6. The van der Waals surface area contributed by atoms with Crippen molar-refractivity contribution in [2.45, 2.75) is 27.2 Å². The van der Waals surface area contributed by atoms with Gasteiger partial charge >= 0.3 is 0 Å². The number of carbonyl (C=O) groups excluding carboxylic acids is 1. The normalized spacial score (nSPS) is 13.0. The molecule has 0 heterocycles. The largest absolute Gasteiger partial charge is 0.507 e. The smallest absolute Gasteiger partial charge is 0.173 e. The van der Waals surface area contributed by atoms with Crippen LogP contribution >= 0.6 is 0 Å². The Bertz CT molecular complexity index is 510. The third-order valence-electron chi connectivity index (χ3n) is 3.31. The lowest BCUT2D eigenvalue weighted by Crippen LogP contribution is -2.11. The molecular formula is C16H22O5. The molecule has 1 rings (SSSR count). The van der Waals surface area contributed by atoms with Gasteiger partial charge in [-0.15, -0.1) is 0 Å². The summed E-state index contributed by atoms with van der Waals surface area (Å²) in [6.45, 7) is 5.51. The Balaban J connectivity index is 2.92. The Morgan fingerprint density at radius 2 is 1.90 bits per heavy atom. The van der Waals surface area contributed by atoms with Gasteiger partial charge in [0, 0.05) is 18.1 Å². The van der Waals surface area contributed by atoms with Gasteiger partial charge in [-0.25, -0.2) is 0 Å². The highest BCUT2D eigenvalue weighted by atomic mass is 16.5. The molecule has 0 spiro atoms. The number of phenols is 2. The van der Waals surface area contributed by atoms with Crippen molar-refractivity contribution in [3.05, 3.63) is 29.3 Å². The van der Waals surface area contributed by atoms with E-state index in [1.165, 1.54) is 12.1 Å². The fraction of sp³-hybridized carbons (Fsp3) is 0.438. The van der Waals surface area contributed by atoms with Crippen molar-refractivity contribution in [1.29, 1.82) is 0 Å². The molecule has 0 aliphatic rings. The molecule has 5 nitrogen and oxygen atoms in total. The van der Waals surface area contributed by atoms with Crippen LogP contribution in [0, 0.1) is 5.92 Å². The standard InChI is InChI=1S/C16H22O5/c1-4-11(3)16(20)15-13(18)7-12(8-14(15)19)21-6-5-10(2)9-17/h5,7-8,11,17-19H,4,6,9H2,1-3H3. The number of aliphatic hydroxyl groups is 1. The number of ketones is 1. The summed E-state index contributed by atoms with van der Waals surface area (Å²) in [6, 6.07) is 2.61.